The fourth-order valence-corrected chi connectivity index (χ4v) is 5.36. The fraction of sp³-hybridized carbons (Fsp3) is 0.318. The predicted octanol–water partition coefficient (Wildman–Crippen LogP) is 0.0339. The molecule has 15 heteroatoms. The number of aromatic nitrogens is 2. The maximum absolute atomic E-state index is 13.1. The second kappa shape index (κ2) is 10.2. The van der Waals surface area contributed by atoms with Gasteiger partial charge in [0.15, 0.2) is 35.8 Å². The molecule has 3 atom stereocenters. The lowest BCUT2D eigenvalue weighted by Crippen LogP contribution is -2.74. The molecule has 0 aliphatic carbocycles. The highest BCUT2D eigenvalue weighted by Crippen LogP contribution is 2.40. The highest BCUT2D eigenvalue weighted by molar-refractivity contribution is 8.02. The van der Waals surface area contributed by atoms with E-state index in [-0.39, 0.29) is 23.1 Å². The van der Waals surface area contributed by atoms with Crippen molar-refractivity contribution >= 4 is 57.7 Å². The average molecular weight is 548 g/mol. The fourth-order valence-electron chi connectivity index (χ4n) is 3.60. The van der Waals surface area contributed by atoms with E-state index in [1.807, 2.05) is 18.2 Å². The molecular weight excluding hydrogens is 524 g/mol. The molecule has 2 aliphatic heterocycles. The van der Waals surface area contributed by atoms with Gasteiger partial charge < -0.3 is 31.0 Å². The lowest BCUT2D eigenvalue weighted by molar-refractivity contribution is -0.689. The van der Waals surface area contributed by atoms with Gasteiger partial charge in [0.2, 0.25) is 11.5 Å². The highest BCUT2D eigenvalue weighted by atomic mass is 32.2. The van der Waals surface area contributed by atoms with Crippen molar-refractivity contribution in [1.29, 1.82) is 0 Å². The number of aliphatic carboxylic acids is 2. The lowest BCUT2D eigenvalue weighted by Gasteiger charge is -2.51. The Bertz CT molecular complexity index is 1310. The zero-order chi connectivity index (χ0) is 26.9. The van der Waals surface area contributed by atoms with Gasteiger partial charge >= 0.3 is 11.9 Å². The van der Waals surface area contributed by atoms with Crippen molar-refractivity contribution in [2.75, 3.05) is 5.73 Å². The van der Waals surface area contributed by atoms with Crippen LogP contribution in [0.5, 0.6) is 0 Å². The molecular formula is C22H23N6O7S2+. The number of anilines is 1. The Morgan fingerprint density at radius 2 is 1.97 bits per heavy atom. The Morgan fingerprint density at radius 3 is 2.57 bits per heavy atom. The molecule has 0 aromatic carbocycles. The van der Waals surface area contributed by atoms with E-state index >= 15 is 0 Å². The minimum absolute atomic E-state index is 0.0339. The third-order valence-corrected chi connectivity index (χ3v) is 7.48. The predicted molar refractivity (Wildman–Crippen MR) is 132 cm³/mol. The molecule has 0 bridgehead atoms. The standard InChI is InChI=1S/C22H22N6O7S2/c1-22(2,20(33)34)35-26-13(12-10-37-21(23)24-12)16(29)25-14-17(30)28-15(19(31)32)11(9-36-18(14)28)8-27-6-4-3-5-7-27/h3-7,9-10,14-15,18H,8H2,1-2H3,(H4-,23,24,25,29,31,32,33,34)/p+1/b26-13+/t14-,15?,18-/m1/s1. The van der Waals surface area contributed by atoms with E-state index in [0.717, 1.165) is 11.3 Å². The summed E-state index contributed by atoms with van der Waals surface area (Å²) in [6.45, 7) is 2.77. The molecule has 37 heavy (non-hydrogen) atoms. The van der Waals surface area contributed by atoms with E-state index in [4.69, 9.17) is 10.6 Å². The smallest absolute Gasteiger partial charge is 0.350 e. The number of hydrogen-bond acceptors (Lipinski definition) is 10. The van der Waals surface area contributed by atoms with Gasteiger partial charge in [-0.05, 0) is 19.3 Å². The van der Waals surface area contributed by atoms with E-state index < -0.39 is 46.8 Å². The van der Waals surface area contributed by atoms with Crippen LogP contribution in [0.15, 0.2) is 52.1 Å². The summed E-state index contributed by atoms with van der Waals surface area (Å²) < 4.78 is 1.80. The van der Waals surface area contributed by atoms with Crippen LogP contribution >= 0.6 is 23.1 Å². The maximum Gasteiger partial charge on any atom is 0.350 e. The van der Waals surface area contributed by atoms with Crippen molar-refractivity contribution in [2.45, 2.75) is 43.5 Å². The van der Waals surface area contributed by atoms with Crippen LogP contribution in [0, 0.1) is 0 Å². The lowest BCUT2D eigenvalue weighted by atomic mass is 9.97. The first-order chi connectivity index (χ1) is 17.5. The summed E-state index contributed by atoms with van der Waals surface area (Å²) in [6.07, 6.45) is 3.58. The van der Waals surface area contributed by atoms with Gasteiger partial charge in [0.1, 0.15) is 17.1 Å². The SMILES string of the molecule is CC(C)(O/N=C(/C(=O)N[C@@H]1C(=O)N2C(C(=O)O)C(C[n+]3ccccc3)=CS[C@H]12)c1csc(N)n1)C(=O)O. The second-order valence-electron chi connectivity index (χ2n) is 8.62. The van der Waals surface area contributed by atoms with Crippen molar-refractivity contribution in [3.63, 3.8) is 0 Å². The molecule has 13 nitrogen and oxygen atoms in total. The number of rotatable bonds is 9. The monoisotopic (exact) mass is 547 g/mol. The Morgan fingerprint density at radius 1 is 1.27 bits per heavy atom. The third-order valence-electron chi connectivity index (χ3n) is 5.59. The van der Waals surface area contributed by atoms with E-state index in [9.17, 15) is 29.4 Å². The number of nitrogens with zero attached hydrogens (tertiary/aromatic N) is 4. The van der Waals surface area contributed by atoms with Crippen LogP contribution < -0.4 is 15.6 Å². The Kier molecular flexibility index (Phi) is 7.18. The molecule has 0 spiro atoms. The van der Waals surface area contributed by atoms with Crippen LogP contribution in [-0.4, -0.2) is 72.6 Å². The molecule has 1 unspecified atom stereocenters. The topological polar surface area (TPSA) is 188 Å². The molecule has 0 saturated carbocycles. The summed E-state index contributed by atoms with van der Waals surface area (Å²) in [7, 11) is 0. The molecule has 4 heterocycles. The summed E-state index contributed by atoms with van der Waals surface area (Å²) >= 11 is 2.25. The Hall–Kier alpha value is -3.98. The van der Waals surface area contributed by atoms with Crippen LogP contribution in [0.1, 0.15) is 19.5 Å². The number of amides is 2. The van der Waals surface area contributed by atoms with Gasteiger partial charge in [-0.1, -0.05) is 11.2 Å². The molecule has 2 aromatic heterocycles. The Balaban J connectivity index is 1.54. The Labute approximate surface area is 218 Å². The van der Waals surface area contributed by atoms with Crippen molar-refractivity contribution in [3.05, 3.63) is 52.6 Å². The van der Waals surface area contributed by atoms with Crippen LogP contribution in [-0.2, 0) is 30.6 Å². The number of pyridine rings is 1. The number of nitrogens with one attached hydrogen (secondary N) is 1. The first-order valence-corrected chi connectivity index (χ1v) is 12.7. The number of fused-ring (bicyclic) bond motifs is 1. The number of thioether (sulfide) groups is 1. The molecule has 2 aliphatic rings. The zero-order valence-electron chi connectivity index (χ0n) is 19.6. The van der Waals surface area contributed by atoms with Gasteiger partial charge in [-0.25, -0.2) is 19.1 Å². The van der Waals surface area contributed by atoms with Gasteiger partial charge in [-0.2, -0.15) is 0 Å². The summed E-state index contributed by atoms with van der Waals surface area (Å²) in [4.78, 5) is 59.9. The number of carboxylic acids is 2. The van der Waals surface area contributed by atoms with Crippen LogP contribution in [0.3, 0.4) is 0 Å². The van der Waals surface area contributed by atoms with Gasteiger partial charge in [-0.15, -0.1) is 23.1 Å². The minimum Gasteiger partial charge on any atom is -0.479 e. The summed E-state index contributed by atoms with van der Waals surface area (Å²) in [5.74, 6) is -3.93. The van der Waals surface area contributed by atoms with Crippen molar-refractivity contribution in [1.82, 2.24) is 15.2 Å². The first-order valence-electron chi connectivity index (χ1n) is 10.8. The third kappa shape index (κ3) is 5.27. The van der Waals surface area contributed by atoms with E-state index in [2.05, 4.69) is 15.5 Å². The molecule has 2 amide bonds. The molecule has 194 valence electrons. The zero-order valence-corrected chi connectivity index (χ0v) is 21.2. The molecule has 1 fully saturated rings. The highest BCUT2D eigenvalue weighted by Gasteiger charge is 2.56. The molecule has 0 radical (unpaired) electrons. The first kappa shape index (κ1) is 26.1. The maximum atomic E-state index is 13.1. The summed E-state index contributed by atoms with van der Waals surface area (Å²) in [5, 5.41) is 28.0. The number of β-lactam (4-membered cyclic amide) rings is 1. The van der Waals surface area contributed by atoms with E-state index in [0.29, 0.717) is 5.57 Å². The van der Waals surface area contributed by atoms with Crippen LogP contribution in [0.2, 0.25) is 0 Å². The summed E-state index contributed by atoms with van der Waals surface area (Å²) in [6, 6.07) is 3.22. The number of thiazole rings is 1. The van der Waals surface area contributed by atoms with E-state index in [1.54, 1.807) is 22.4 Å². The molecule has 5 N–H and O–H groups in total. The number of hydrogen-bond donors (Lipinski definition) is 4. The number of nitrogens with two attached hydrogens (primary N) is 1. The normalized spacial score (nSPS) is 21.4. The van der Waals surface area contributed by atoms with Crippen molar-refractivity contribution in [2.24, 2.45) is 5.16 Å². The van der Waals surface area contributed by atoms with Crippen molar-refractivity contribution in [3.8, 4) is 0 Å². The van der Waals surface area contributed by atoms with Gasteiger partial charge in [-0.3, -0.25) is 9.59 Å². The minimum atomic E-state index is -1.75. The molecule has 2 aromatic rings. The number of oxime groups is 1. The second-order valence-corrected chi connectivity index (χ2v) is 10.5. The average Bonchev–Trinajstić information content (AvgIpc) is 3.28. The van der Waals surface area contributed by atoms with Crippen molar-refractivity contribution < 1.29 is 38.8 Å². The van der Waals surface area contributed by atoms with Gasteiger partial charge in [0.05, 0.1) is 0 Å². The number of carboxylic acid groups (broad SMARTS) is 2. The van der Waals surface area contributed by atoms with Crippen LogP contribution in [0.4, 0.5) is 5.13 Å². The number of carbonyl (C=O) groups is 4. The largest absolute Gasteiger partial charge is 0.479 e. The number of carbonyl (C=O) groups excluding carboxylic acids is 2. The van der Waals surface area contributed by atoms with Gasteiger partial charge in [0, 0.05) is 23.1 Å². The molecule has 4 rings (SSSR count). The molecule has 1 saturated heterocycles. The quantitative estimate of drug-likeness (QED) is 0.144. The van der Waals surface area contributed by atoms with Crippen LogP contribution in [0.25, 0.3) is 0 Å². The number of nitrogen functional groups attached to an aromatic ring is 1. The van der Waals surface area contributed by atoms with Gasteiger partial charge in [0.25, 0.3) is 5.91 Å². The summed E-state index contributed by atoms with van der Waals surface area (Å²) in [5.41, 5.74) is 4.10. The van der Waals surface area contributed by atoms with E-state index in [1.165, 1.54) is 35.9 Å².